The summed E-state index contributed by atoms with van der Waals surface area (Å²) >= 11 is 0. The third kappa shape index (κ3) is 3.69. The first-order valence-electron chi connectivity index (χ1n) is 3.99. The predicted molar refractivity (Wildman–Crippen MR) is 45.7 cm³/mol. The van der Waals surface area contributed by atoms with Crippen LogP contribution in [0.3, 0.4) is 0 Å². The molecule has 0 saturated carbocycles. The quantitative estimate of drug-likeness (QED) is 0.482. The van der Waals surface area contributed by atoms with E-state index in [0.717, 1.165) is 6.42 Å². The van der Waals surface area contributed by atoms with E-state index >= 15 is 0 Å². The fourth-order valence-electron chi connectivity index (χ4n) is 0.721. The van der Waals surface area contributed by atoms with Gasteiger partial charge in [-0.05, 0) is 13.3 Å². The first kappa shape index (κ1) is 11.4. The van der Waals surface area contributed by atoms with E-state index in [1.165, 1.54) is 7.11 Å². The second-order valence-electron chi connectivity index (χ2n) is 2.96. The fourth-order valence-corrected chi connectivity index (χ4v) is 0.721. The molecular formula is C8H17NO3. The van der Waals surface area contributed by atoms with Gasteiger partial charge in [-0.1, -0.05) is 6.92 Å². The van der Waals surface area contributed by atoms with E-state index in [4.69, 9.17) is 10.5 Å². The highest BCUT2D eigenvalue weighted by Gasteiger charge is 2.29. The van der Waals surface area contributed by atoms with Crippen molar-refractivity contribution in [3.05, 3.63) is 0 Å². The van der Waals surface area contributed by atoms with Gasteiger partial charge in [-0.3, -0.25) is 0 Å². The van der Waals surface area contributed by atoms with Crippen LogP contribution < -0.4 is 5.73 Å². The Balaban J connectivity index is 3.78. The van der Waals surface area contributed by atoms with E-state index in [1.807, 2.05) is 6.92 Å². The summed E-state index contributed by atoms with van der Waals surface area (Å²) < 4.78 is 9.65. The summed E-state index contributed by atoms with van der Waals surface area (Å²) in [5, 5.41) is 0. The normalized spacial score (nSPS) is 15.3. The maximum absolute atomic E-state index is 11.0. The van der Waals surface area contributed by atoms with Crippen molar-refractivity contribution in [2.45, 2.75) is 25.8 Å². The molecule has 4 heteroatoms. The van der Waals surface area contributed by atoms with Crippen molar-refractivity contribution >= 4 is 5.97 Å². The van der Waals surface area contributed by atoms with Crippen LogP contribution in [0.1, 0.15) is 20.3 Å². The van der Waals surface area contributed by atoms with E-state index in [2.05, 4.69) is 4.74 Å². The van der Waals surface area contributed by atoms with E-state index in [0.29, 0.717) is 6.61 Å². The van der Waals surface area contributed by atoms with Gasteiger partial charge in [0, 0.05) is 6.61 Å². The van der Waals surface area contributed by atoms with Crippen molar-refractivity contribution in [2.75, 3.05) is 20.3 Å². The SMILES string of the molecule is CCCOCC(C)(N)C(=O)OC. The van der Waals surface area contributed by atoms with Gasteiger partial charge in [-0.25, -0.2) is 4.79 Å². The van der Waals surface area contributed by atoms with E-state index in [9.17, 15) is 4.79 Å². The van der Waals surface area contributed by atoms with Crippen LogP contribution in [0.5, 0.6) is 0 Å². The Morgan fingerprint density at radius 2 is 2.17 bits per heavy atom. The van der Waals surface area contributed by atoms with Crippen LogP contribution >= 0.6 is 0 Å². The van der Waals surface area contributed by atoms with Crippen LogP contribution in [0.15, 0.2) is 0 Å². The van der Waals surface area contributed by atoms with Gasteiger partial charge >= 0.3 is 5.97 Å². The topological polar surface area (TPSA) is 61.5 Å². The van der Waals surface area contributed by atoms with Gasteiger partial charge in [0.05, 0.1) is 13.7 Å². The maximum Gasteiger partial charge on any atom is 0.327 e. The molecule has 0 aromatic heterocycles. The van der Waals surface area contributed by atoms with Gasteiger partial charge < -0.3 is 15.2 Å². The molecule has 4 nitrogen and oxygen atoms in total. The standard InChI is InChI=1S/C8H17NO3/c1-4-5-12-6-8(2,9)7(10)11-3/h4-6,9H2,1-3H3. The summed E-state index contributed by atoms with van der Waals surface area (Å²) in [6.45, 7) is 4.40. The number of carbonyl (C=O) groups excluding carboxylic acids is 1. The minimum atomic E-state index is -1.02. The molecule has 0 amide bonds. The van der Waals surface area contributed by atoms with Crippen LogP contribution in [-0.4, -0.2) is 31.8 Å². The Hall–Kier alpha value is -0.610. The molecule has 12 heavy (non-hydrogen) atoms. The maximum atomic E-state index is 11.0. The molecule has 0 aliphatic rings. The smallest absolute Gasteiger partial charge is 0.327 e. The molecule has 0 radical (unpaired) electrons. The molecule has 0 spiro atoms. The molecule has 0 aliphatic heterocycles. The van der Waals surface area contributed by atoms with Crippen molar-refractivity contribution < 1.29 is 14.3 Å². The Morgan fingerprint density at radius 3 is 2.58 bits per heavy atom. The van der Waals surface area contributed by atoms with Crippen molar-refractivity contribution in [1.29, 1.82) is 0 Å². The number of esters is 1. The zero-order valence-electron chi connectivity index (χ0n) is 7.92. The first-order valence-corrected chi connectivity index (χ1v) is 3.99. The first-order chi connectivity index (χ1) is 5.54. The molecule has 0 fully saturated rings. The summed E-state index contributed by atoms with van der Waals surface area (Å²) in [6, 6.07) is 0. The minimum Gasteiger partial charge on any atom is -0.468 e. The number of nitrogens with two attached hydrogens (primary N) is 1. The second kappa shape index (κ2) is 5.11. The summed E-state index contributed by atoms with van der Waals surface area (Å²) in [7, 11) is 1.31. The van der Waals surface area contributed by atoms with Gasteiger partial charge in [0.25, 0.3) is 0 Å². The van der Waals surface area contributed by atoms with Gasteiger partial charge in [0.15, 0.2) is 0 Å². The van der Waals surface area contributed by atoms with Gasteiger partial charge in [0.2, 0.25) is 0 Å². The number of hydrogen-bond acceptors (Lipinski definition) is 4. The highest BCUT2D eigenvalue weighted by Crippen LogP contribution is 2.02. The van der Waals surface area contributed by atoms with Gasteiger partial charge in [0.1, 0.15) is 5.54 Å². The van der Waals surface area contributed by atoms with E-state index < -0.39 is 11.5 Å². The van der Waals surface area contributed by atoms with Crippen LogP contribution in [0.2, 0.25) is 0 Å². The lowest BCUT2D eigenvalue weighted by atomic mass is 10.1. The highest BCUT2D eigenvalue weighted by molar-refractivity contribution is 5.80. The number of methoxy groups -OCH3 is 1. The predicted octanol–water partition coefficient (Wildman–Crippen LogP) is 0.303. The summed E-state index contributed by atoms with van der Waals surface area (Å²) in [5.74, 6) is -0.446. The molecular weight excluding hydrogens is 158 g/mol. The zero-order valence-corrected chi connectivity index (χ0v) is 7.92. The molecule has 0 bridgehead atoms. The average molecular weight is 175 g/mol. The summed E-state index contributed by atoms with van der Waals surface area (Å²) in [6.07, 6.45) is 0.914. The molecule has 0 rings (SSSR count). The van der Waals surface area contributed by atoms with E-state index in [-0.39, 0.29) is 6.61 Å². The molecule has 1 unspecified atom stereocenters. The number of ether oxygens (including phenoxy) is 2. The van der Waals surface area contributed by atoms with Crippen LogP contribution in [0, 0.1) is 0 Å². The molecule has 72 valence electrons. The summed E-state index contributed by atoms with van der Waals surface area (Å²) in [5.41, 5.74) is 4.59. The molecule has 0 saturated heterocycles. The second-order valence-corrected chi connectivity index (χ2v) is 2.96. The highest BCUT2D eigenvalue weighted by atomic mass is 16.5. The molecule has 1 atom stereocenters. The van der Waals surface area contributed by atoms with Gasteiger partial charge in [-0.15, -0.1) is 0 Å². The van der Waals surface area contributed by atoms with E-state index in [1.54, 1.807) is 6.92 Å². The monoisotopic (exact) mass is 175 g/mol. The largest absolute Gasteiger partial charge is 0.468 e. The van der Waals surface area contributed by atoms with Crippen LogP contribution in [-0.2, 0) is 14.3 Å². The lowest BCUT2D eigenvalue weighted by Crippen LogP contribution is -2.49. The minimum absolute atomic E-state index is 0.202. The molecule has 2 N–H and O–H groups in total. The molecule has 0 aromatic rings. The number of rotatable bonds is 5. The number of carbonyl (C=O) groups is 1. The Kier molecular flexibility index (Phi) is 4.85. The van der Waals surface area contributed by atoms with Crippen molar-refractivity contribution in [3.8, 4) is 0 Å². The fraction of sp³-hybridized carbons (Fsp3) is 0.875. The van der Waals surface area contributed by atoms with Crippen LogP contribution in [0.4, 0.5) is 0 Å². The number of hydrogen-bond donors (Lipinski definition) is 1. The van der Waals surface area contributed by atoms with Crippen LogP contribution in [0.25, 0.3) is 0 Å². The third-order valence-corrected chi connectivity index (χ3v) is 1.40. The Labute approximate surface area is 73.0 Å². The van der Waals surface area contributed by atoms with Crippen molar-refractivity contribution in [3.63, 3.8) is 0 Å². The molecule has 0 aromatic carbocycles. The summed E-state index contributed by atoms with van der Waals surface area (Å²) in [4.78, 5) is 11.0. The van der Waals surface area contributed by atoms with Crippen molar-refractivity contribution in [1.82, 2.24) is 0 Å². The lowest BCUT2D eigenvalue weighted by Gasteiger charge is -2.20. The molecule has 0 aliphatic carbocycles. The third-order valence-electron chi connectivity index (χ3n) is 1.40. The Morgan fingerprint density at radius 1 is 1.58 bits per heavy atom. The average Bonchev–Trinajstić information content (AvgIpc) is 2.03. The van der Waals surface area contributed by atoms with Crippen molar-refractivity contribution in [2.24, 2.45) is 5.73 Å². The lowest BCUT2D eigenvalue weighted by molar-refractivity contribution is -0.148. The Bertz CT molecular complexity index is 145. The van der Waals surface area contributed by atoms with Gasteiger partial charge in [-0.2, -0.15) is 0 Å². The molecule has 0 heterocycles. The zero-order chi connectivity index (χ0) is 9.61.